The van der Waals surface area contributed by atoms with Gasteiger partial charge < -0.3 is 9.67 Å². The van der Waals surface area contributed by atoms with Gasteiger partial charge in [-0.15, -0.1) is 0 Å². The van der Waals surface area contributed by atoms with Crippen LogP contribution >= 0.6 is 0 Å². The summed E-state index contributed by atoms with van der Waals surface area (Å²) in [5.41, 5.74) is -0.573. The Hall–Kier alpha value is -2.24. The van der Waals surface area contributed by atoms with Gasteiger partial charge in [0.2, 0.25) is 0 Å². The van der Waals surface area contributed by atoms with E-state index in [2.05, 4.69) is 4.98 Å². The molecule has 0 radical (unpaired) electrons. The van der Waals surface area contributed by atoms with Crippen LogP contribution in [-0.2, 0) is 10.3 Å². The predicted octanol–water partition coefficient (Wildman–Crippen LogP) is 2.83. The molecule has 0 saturated heterocycles. The monoisotopic (exact) mass is 292 g/mol. The second-order valence-corrected chi connectivity index (χ2v) is 5.49. The summed E-state index contributed by atoms with van der Waals surface area (Å²) >= 11 is 0. The number of hydrogen-bond donors (Lipinski definition) is 1. The van der Waals surface area contributed by atoms with Gasteiger partial charge in [-0.05, 0) is 43.4 Å². The van der Waals surface area contributed by atoms with Crippen LogP contribution in [0.5, 0.6) is 0 Å². The molecule has 1 aliphatic carbocycles. The Labute approximate surface area is 120 Å². The van der Waals surface area contributed by atoms with Gasteiger partial charge >= 0.3 is 5.97 Å². The minimum atomic E-state index is -1.08. The molecular weight excluding hydrogens is 278 g/mol. The van der Waals surface area contributed by atoms with E-state index in [1.54, 1.807) is 23.9 Å². The lowest BCUT2D eigenvalue weighted by molar-refractivity contribution is -0.153. The van der Waals surface area contributed by atoms with Crippen LogP contribution in [0.2, 0.25) is 0 Å². The average molecular weight is 292 g/mol. The summed E-state index contributed by atoms with van der Waals surface area (Å²) in [6, 6.07) is 3.34. The Morgan fingerprint density at radius 3 is 2.43 bits per heavy atom. The summed E-state index contributed by atoms with van der Waals surface area (Å²) in [7, 11) is 0. The fourth-order valence-corrected chi connectivity index (χ4v) is 3.11. The van der Waals surface area contributed by atoms with E-state index >= 15 is 0 Å². The third-order valence-electron chi connectivity index (χ3n) is 4.21. The van der Waals surface area contributed by atoms with Crippen LogP contribution in [0.3, 0.4) is 0 Å². The number of carboxylic acids is 1. The van der Waals surface area contributed by atoms with E-state index in [0.717, 1.165) is 6.07 Å². The quantitative estimate of drug-likeness (QED) is 0.946. The Morgan fingerprint density at radius 2 is 1.95 bits per heavy atom. The number of benzene rings is 1. The van der Waals surface area contributed by atoms with Crippen molar-refractivity contribution in [3.05, 3.63) is 53.6 Å². The summed E-state index contributed by atoms with van der Waals surface area (Å²) in [6.07, 6.45) is 3.77. The maximum Gasteiger partial charge on any atom is 0.329 e. The molecule has 3 rings (SSSR count). The molecule has 0 spiro atoms. The molecular formula is C15H14F2N2O2. The van der Waals surface area contributed by atoms with Gasteiger partial charge in [-0.2, -0.15) is 0 Å². The van der Waals surface area contributed by atoms with E-state index in [9.17, 15) is 18.7 Å². The standard InChI is InChI=1S/C15H14F2N2O2/c1-9-18-2-3-19(9)15(14(20)21)7-11(8-15)10-4-12(16)6-13(17)5-10/h2-6,11H,7-8H2,1H3,(H,20,21). The van der Waals surface area contributed by atoms with Gasteiger partial charge in [0.1, 0.15) is 23.0 Å². The lowest BCUT2D eigenvalue weighted by Gasteiger charge is -2.46. The van der Waals surface area contributed by atoms with Crippen molar-refractivity contribution in [1.82, 2.24) is 9.55 Å². The highest BCUT2D eigenvalue weighted by atomic mass is 19.1. The Morgan fingerprint density at radius 1 is 1.33 bits per heavy atom. The van der Waals surface area contributed by atoms with E-state index in [1.165, 1.54) is 12.1 Å². The smallest absolute Gasteiger partial charge is 0.329 e. The molecule has 21 heavy (non-hydrogen) atoms. The SMILES string of the molecule is Cc1nccn1C1(C(=O)O)CC(c2cc(F)cc(F)c2)C1. The zero-order valence-electron chi connectivity index (χ0n) is 11.4. The molecule has 1 fully saturated rings. The number of aryl methyl sites for hydroxylation is 1. The topological polar surface area (TPSA) is 55.1 Å². The number of aliphatic carboxylic acids is 1. The lowest BCUT2D eigenvalue weighted by atomic mass is 9.65. The van der Waals surface area contributed by atoms with Crippen molar-refractivity contribution in [1.29, 1.82) is 0 Å². The van der Waals surface area contributed by atoms with E-state index < -0.39 is 23.1 Å². The second-order valence-electron chi connectivity index (χ2n) is 5.49. The number of nitrogens with zero attached hydrogens (tertiary/aromatic N) is 2. The van der Waals surface area contributed by atoms with Crippen molar-refractivity contribution in [3.8, 4) is 0 Å². The van der Waals surface area contributed by atoms with Crippen LogP contribution in [0, 0.1) is 18.6 Å². The number of rotatable bonds is 3. The minimum Gasteiger partial charge on any atom is -0.479 e. The molecule has 1 aromatic heterocycles. The molecule has 0 amide bonds. The lowest BCUT2D eigenvalue weighted by Crippen LogP contribution is -2.51. The van der Waals surface area contributed by atoms with Crippen LogP contribution in [0.1, 0.15) is 30.1 Å². The predicted molar refractivity (Wildman–Crippen MR) is 70.9 cm³/mol. The summed E-state index contributed by atoms with van der Waals surface area (Å²) in [5.74, 6) is -1.79. The number of carboxylic acid groups (broad SMARTS) is 1. The summed E-state index contributed by atoms with van der Waals surface area (Å²) in [4.78, 5) is 15.7. The van der Waals surface area contributed by atoms with Crippen LogP contribution in [0.15, 0.2) is 30.6 Å². The molecule has 0 unspecified atom stereocenters. The van der Waals surface area contributed by atoms with Crippen molar-refractivity contribution >= 4 is 5.97 Å². The van der Waals surface area contributed by atoms with Gasteiger partial charge in [-0.25, -0.2) is 18.6 Å². The molecule has 110 valence electrons. The van der Waals surface area contributed by atoms with Crippen LogP contribution < -0.4 is 0 Å². The average Bonchev–Trinajstić information content (AvgIpc) is 2.73. The molecule has 0 atom stereocenters. The highest BCUT2D eigenvalue weighted by molar-refractivity contribution is 5.78. The van der Waals surface area contributed by atoms with Gasteiger partial charge in [0.15, 0.2) is 0 Å². The number of imidazole rings is 1. The van der Waals surface area contributed by atoms with E-state index in [1.807, 2.05) is 0 Å². The van der Waals surface area contributed by atoms with Gasteiger partial charge in [0, 0.05) is 18.5 Å². The number of halogens is 2. The maximum absolute atomic E-state index is 13.3. The largest absolute Gasteiger partial charge is 0.479 e. The minimum absolute atomic E-state index is 0.173. The molecule has 1 saturated carbocycles. The molecule has 1 aromatic carbocycles. The van der Waals surface area contributed by atoms with E-state index in [4.69, 9.17) is 0 Å². The molecule has 1 aliphatic rings. The van der Waals surface area contributed by atoms with Gasteiger partial charge in [-0.3, -0.25) is 0 Å². The molecule has 2 aromatic rings. The normalized spacial score (nSPS) is 24.6. The Balaban J connectivity index is 1.90. The van der Waals surface area contributed by atoms with Crippen LogP contribution in [0.4, 0.5) is 8.78 Å². The van der Waals surface area contributed by atoms with Crippen molar-refractivity contribution < 1.29 is 18.7 Å². The van der Waals surface area contributed by atoms with Crippen molar-refractivity contribution in [3.63, 3.8) is 0 Å². The van der Waals surface area contributed by atoms with E-state index in [-0.39, 0.29) is 5.92 Å². The third-order valence-corrected chi connectivity index (χ3v) is 4.21. The zero-order chi connectivity index (χ0) is 15.2. The highest BCUT2D eigenvalue weighted by Crippen LogP contribution is 2.50. The van der Waals surface area contributed by atoms with Crippen molar-refractivity contribution in [2.45, 2.75) is 31.2 Å². The van der Waals surface area contributed by atoms with Crippen LogP contribution in [0.25, 0.3) is 0 Å². The first kappa shape index (κ1) is 13.7. The molecule has 0 bridgehead atoms. The van der Waals surface area contributed by atoms with Gasteiger partial charge in [0.05, 0.1) is 0 Å². The first-order valence-electron chi connectivity index (χ1n) is 6.62. The Kier molecular flexibility index (Phi) is 3.04. The fourth-order valence-electron chi connectivity index (χ4n) is 3.11. The van der Waals surface area contributed by atoms with Crippen molar-refractivity contribution in [2.24, 2.45) is 0 Å². The first-order valence-corrected chi connectivity index (χ1v) is 6.62. The van der Waals surface area contributed by atoms with E-state index in [0.29, 0.717) is 24.2 Å². The molecule has 4 nitrogen and oxygen atoms in total. The Bertz CT molecular complexity index is 685. The number of hydrogen-bond acceptors (Lipinski definition) is 2. The van der Waals surface area contributed by atoms with Crippen molar-refractivity contribution in [2.75, 3.05) is 0 Å². The third kappa shape index (κ3) is 2.11. The summed E-state index contributed by atoms with van der Waals surface area (Å²) < 4.78 is 28.2. The molecule has 0 aliphatic heterocycles. The number of aromatic nitrogens is 2. The molecule has 6 heteroatoms. The number of carbonyl (C=O) groups is 1. The summed E-state index contributed by atoms with van der Waals surface area (Å²) in [5, 5.41) is 9.56. The van der Waals surface area contributed by atoms with Gasteiger partial charge in [0.25, 0.3) is 0 Å². The first-order chi connectivity index (χ1) is 9.92. The van der Waals surface area contributed by atoms with Gasteiger partial charge in [-0.1, -0.05) is 0 Å². The van der Waals surface area contributed by atoms with Crippen LogP contribution in [-0.4, -0.2) is 20.6 Å². The summed E-state index contributed by atoms with van der Waals surface area (Å²) in [6.45, 7) is 1.74. The molecule has 1 N–H and O–H groups in total. The maximum atomic E-state index is 13.3. The second kappa shape index (κ2) is 4.65. The highest BCUT2D eigenvalue weighted by Gasteiger charge is 2.53. The molecule has 1 heterocycles. The zero-order valence-corrected chi connectivity index (χ0v) is 11.4. The fraction of sp³-hybridized carbons (Fsp3) is 0.333.